The summed E-state index contributed by atoms with van der Waals surface area (Å²) in [6.45, 7) is 3.37. The molecule has 0 N–H and O–H groups in total. The number of halogens is 1. The lowest BCUT2D eigenvalue weighted by atomic mass is 10.1. The predicted molar refractivity (Wildman–Crippen MR) is 103 cm³/mol. The second-order valence-electron chi connectivity index (χ2n) is 6.33. The van der Waals surface area contributed by atoms with Crippen LogP contribution in [-0.4, -0.2) is 28.9 Å². The van der Waals surface area contributed by atoms with E-state index in [2.05, 4.69) is 17.1 Å². The molecule has 0 aliphatic heterocycles. The molecule has 0 bridgehead atoms. The predicted octanol–water partition coefficient (Wildman–Crippen LogP) is 4.50. The molecule has 0 saturated heterocycles. The molecule has 0 aliphatic rings. The number of likely N-dealkylation sites (N-methyl/N-ethyl adjacent to an activating group) is 1. The first-order valence-electron chi connectivity index (χ1n) is 9.18. The lowest BCUT2D eigenvalue weighted by molar-refractivity contribution is -0.131. The summed E-state index contributed by atoms with van der Waals surface area (Å²) in [6.07, 6.45) is 3.25. The quantitative estimate of drug-likeness (QED) is 0.589. The first-order chi connectivity index (χ1) is 13.2. The standard InChI is InChI=1S/C22H23FN2O2/c1-2-25(15-14-17-6-4-3-5-7-17)22(26)13-12-21-24-16-20(27-21)18-8-10-19(23)11-9-18/h3-11,16H,2,12-15H2,1H3. The number of amides is 1. The van der Waals surface area contributed by atoms with Crippen LogP contribution in [0, 0.1) is 5.82 Å². The number of nitrogens with zero attached hydrogens (tertiary/aromatic N) is 2. The fourth-order valence-corrected chi connectivity index (χ4v) is 2.91. The van der Waals surface area contributed by atoms with Crippen LogP contribution < -0.4 is 0 Å². The summed E-state index contributed by atoms with van der Waals surface area (Å²) in [7, 11) is 0. The van der Waals surface area contributed by atoms with E-state index < -0.39 is 0 Å². The van der Waals surface area contributed by atoms with Crippen molar-refractivity contribution >= 4 is 5.91 Å². The molecule has 1 aromatic heterocycles. The van der Waals surface area contributed by atoms with E-state index in [1.165, 1.54) is 17.7 Å². The van der Waals surface area contributed by atoms with Crippen LogP contribution in [0.15, 0.2) is 65.2 Å². The van der Waals surface area contributed by atoms with Gasteiger partial charge < -0.3 is 9.32 Å². The zero-order valence-corrected chi connectivity index (χ0v) is 15.4. The van der Waals surface area contributed by atoms with Gasteiger partial charge in [-0.05, 0) is 43.2 Å². The summed E-state index contributed by atoms with van der Waals surface area (Å²) in [6, 6.07) is 16.2. The van der Waals surface area contributed by atoms with Crippen LogP contribution in [0.2, 0.25) is 0 Å². The van der Waals surface area contributed by atoms with E-state index in [0.717, 1.165) is 12.0 Å². The van der Waals surface area contributed by atoms with Crippen molar-refractivity contribution in [2.75, 3.05) is 13.1 Å². The third kappa shape index (κ3) is 5.26. The monoisotopic (exact) mass is 366 g/mol. The van der Waals surface area contributed by atoms with Crippen LogP contribution >= 0.6 is 0 Å². The van der Waals surface area contributed by atoms with E-state index in [-0.39, 0.29) is 11.7 Å². The molecule has 0 unspecified atom stereocenters. The zero-order valence-electron chi connectivity index (χ0n) is 15.4. The molecule has 0 saturated carbocycles. The summed E-state index contributed by atoms with van der Waals surface area (Å²) in [5.74, 6) is 0.893. The van der Waals surface area contributed by atoms with Gasteiger partial charge in [0, 0.05) is 31.5 Å². The molecular weight excluding hydrogens is 343 g/mol. The van der Waals surface area contributed by atoms with Gasteiger partial charge in [0.2, 0.25) is 5.91 Å². The van der Waals surface area contributed by atoms with Crippen LogP contribution in [0.3, 0.4) is 0 Å². The zero-order chi connectivity index (χ0) is 19.1. The molecule has 0 atom stereocenters. The molecule has 0 spiro atoms. The molecule has 3 aromatic rings. The molecule has 1 amide bonds. The maximum absolute atomic E-state index is 13.0. The van der Waals surface area contributed by atoms with Crippen molar-refractivity contribution in [1.29, 1.82) is 0 Å². The van der Waals surface area contributed by atoms with Gasteiger partial charge in [0.1, 0.15) is 5.82 Å². The summed E-state index contributed by atoms with van der Waals surface area (Å²) >= 11 is 0. The van der Waals surface area contributed by atoms with Crippen LogP contribution in [0.4, 0.5) is 4.39 Å². The molecule has 0 radical (unpaired) electrons. The lowest BCUT2D eigenvalue weighted by Crippen LogP contribution is -2.32. The molecule has 0 fully saturated rings. The van der Waals surface area contributed by atoms with Gasteiger partial charge in [-0.2, -0.15) is 0 Å². The fraction of sp³-hybridized carbons (Fsp3) is 0.273. The molecule has 27 heavy (non-hydrogen) atoms. The van der Waals surface area contributed by atoms with Crippen molar-refractivity contribution in [3.63, 3.8) is 0 Å². The Balaban J connectivity index is 1.52. The first kappa shape index (κ1) is 18.8. The highest BCUT2D eigenvalue weighted by Crippen LogP contribution is 2.21. The Morgan fingerprint density at radius 2 is 1.81 bits per heavy atom. The lowest BCUT2D eigenvalue weighted by Gasteiger charge is -2.20. The van der Waals surface area contributed by atoms with Crippen LogP contribution in [-0.2, 0) is 17.6 Å². The number of carbonyl (C=O) groups is 1. The van der Waals surface area contributed by atoms with Crippen LogP contribution in [0.5, 0.6) is 0 Å². The van der Waals surface area contributed by atoms with Gasteiger partial charge in [0.15, 0.2) is 11.7 Å². The van der Waals surface area contributed by atoms with Crippen molar-refractivity contribution in [1.82, 2.24) is 9.88 Å². The highest BCUT2D eigenvalue weighted by Gasteiger charge is 2.14. The first-order valence-corrected chi connectivity index (χ1v) is 9.18. The smallest absolute Gasteiger partial charge is 0.223 e. The molecule has 1 heterocycles. The van der Waals surface area contributed by atoms with Crippen molar-refractivity contribution in [3.05, 3.63) is 78.1 Å². The van der Waals surface area contributed by atoms with Gasteiger partial charge >= 0.3 is 0 Å². The topological polar surface area (TPSA) is 46.3 Å². The van der Waals surface area contributed by atoms with E-state index in [9.17, 15) is 9.18 Å². The molecule has 140 valence electrons. The number of rotatable bonds is 8. The molecule has 2 aromatic carbocycles. The number of oxazole rings is 1. The Morgan fingerprint density at radius 1 is 1.07 bits per heavy atom. The fourth-order valence-electron chi connectivity index (χ4n) is 2.91. The van der Waals surface area contributed by atoms with Gasteiger partial charge in [0.05, 0.1) is 6.20 Å². The number of carbonyl (C=O) groups excluding carboxylic acids is 1. The van der Waals surface area contributed by atoms with Crippen molar-refractivity contribution in [2.24, 2.45) is 0 Å². The Hall–Kier alpha value is -2.95. The van der Waals surface area contributed by atoms with Gasteiger partial charge in [0.25, 0.3) is 0 Å². The Bertz CT molecular complexity index is 860. The van der Waals surface area contributed by atoms with Crippen LogP contribution in [0.25, 0.3) is 11.3 Å². The SMILES string of the molecule is CCN(CCc1ccccc1)C(=O)CCc1ncc(-c2ccc(F)cc2)o1. The van der Waals surface area contributed by atoms with E-state index >= 15 is 0 Å². The highest BCUT2D eigenvalue weighted by atomic mass is 19.1. The summed E-state index contributed by atoms with van der Waals surface area (Å²) in [4.78, 5) is 18.6. The molecule has 5 heteroatoms. The van der Waals surface area contributed by atoms with Crippen molar-refractivity contribution < 1.29 is 13.6 Å². The van der Waals surface area contributed by atoms with E-state index in [0.29, 0.717) is 37.6 Å². The minimum atomic E-state index is -0.292. The maximum Gasteiger partial charge on any atom is 0.223 e. The Labute approximate surface area is 158 Å². The minimum Gasteiger partial charge on any atom is -0.441 e. The average molecular weight is 366 g/mol. The van der Waals surface area contributed by atoms with Gasteiger partial charge in [-0.1, -0.05) is 30.3 Å². The Kier molecular flexibility index (Phi) is 6.36. The number of aromatic nitrogens is 1. The van der Waals surface area contributed by atoms with Gasteiger partial charge in [-0.25, -0.2) is 9.37 Å². The third-order valence-corrected chi connectivity index (χ3v) is 4.48. The maximum atomic E-state index is 13.0. The number of benzene rings is 2. The normalized spacial score (nSPS) is 10.7. The third-order valence-electron chi connectivity index (χ3n) is 4.48. The number of hydrogen-bond donors (Lipinski definition) is 0. The summed E-state index contributed by atoms with van der Waals surface area (Å²) in [5.41, 5.74) is 1.99. The molecule has 3 rings (SSSR count). The van der Waals surface area contributed by atoms with E-state index in [4.69, 9.17) is 4.42 Å². The second-order valence-corrected chi connectivity index (χ2v) is 6.33. The molecular formula is C22H23FN2O2. The minimum absolute atomic E-state index is 0.0926. The Morgan fingerprint density at radius 3 is 2.52 bits per heavy atom. The number of hydrogen-bond acceptors (Lipinski definition) is 3. The van der Waals surface area contributed by atoms with E-state index in [1.54, 1.807) is 18.3 Å². The second kappa shape index (κ2) is 9.12. The summed E-state index contributed by atoms with van der Waals surface area (Å²) < 4.78 is 18.7. The average Bonchev–Trinajstić information content (AvgIpc) is 3.17. The van der Waals surface area contributed by atoms with Crippen molar-refractivity contribution in [2.45, 2.75) is 26.2 Å². The van der Waals surface area contributed by atoms with Crippen molar-refractivity contribution in [3.8, 4) is 11.3 Å². The number of aryl methyl sites for hydroxylation is 1. The molecule has 0 aliphatic carbocycles. The largest absolute Gasteiger partial charge is 0.441 e. The van der Waals surface area contributed by atoms with Crippen LogP contribution in [0.1, 0.15) is 24.8 Å². The highest BCUT2D eigenvalue weighted by molar-refractivity contribution is 5.76. The molecule has 4 nitrogen and oxygen atoms in total. The van der Waals surface area contributed by atoms with Gasteiger partial charge in [-0.3, -0.25) is 4.79 Å². The summed E-state index contributed by atoms with van der Waals surface area (Å²) in [5, 5.41) is 0. The van der Waals surface area contributed by atoms with Gasteiger partial charge in [-0.15, -0.1) is 0 Å². The van der Waals surface area contributed by atoms with E-state index in [1.807, 2.05) is 30.0 Å².